The second kappa shape index (κ2) is 6.50. The molecule has 0 aromatic heterocycles. The molecule has 4 heteroatoms. The minimum absolute atomic E-state index is 0.612. The van der Waals surface area contributed by atoms with Crippen LogP contribution in [0, 0.1) is 13.8 Å². The maximum Gasteiger partial charge on any atom is 0.161 e. The summed E-state index contributed by atoms with van der Waals surface area (Å²) in [5, 5.41) is 10.7. The molecule has 3 nitrogen and oxygen atoms in total. The van der Waals surface area contributed by atoms with E-state index < -0.39 is 6.10 Å². The fourth-order valence-electron chi connectivity index (χ4n) is 2.33. The molecule has 2 aromatic carbocycles. The van der Waals surface area contributed by atoms with E-state index in [1.54, 1.807) is 14.2 Å². The number of hydrogen-bond donors (Lipinski definition) is 1. The van der Waals surface area contributed by atoms with Gasteiger partial charge < -0.3 is 14.6 Å². The first kappa shape index (κ1) is 15.9. The van der Waals surface area contributed by atoms with E-state index in [2.05, 4.69) is 15.9 Å². The number of benzene rings is 2. The summed E-state index contributed by atoms with van der Waals surface area (Å²) >= 11 is 3.50. The van der Waals surface area contributed by atoms with Gasteiger partial charge in [0.25, 0.3) is 0 Å². The van der Waals surface area contributed by atoms with Crippen LogP contribution in [0.1, 0.15) is 28.4 Å². The van der Waals surface area contributed by atoms with E-state index in [9.17, 15) is 5.11 Å². The lowest BCUT2D eigenvalue weighted by atomic mass is 9.96. The minimum Gasteiger partial charge on any atom is -0.493 e. The minimum atomic E-state index is -0.723. The molecule has 0 amide bonds. The molecule has 0 heterocycles. The average molecular weight is 351 g/mol. The molecule has 1 unspecified atom stereocenters. The van der Waals surface area contributed by atoms with Crippen molar-refractivity contribution in [2.45, 2.75) is 20.0 Å². The molecule has 0 bridgehead atoms. The number of rotatable bonds is 4. The molecule has 2 aromatic rings. The van der Waals surface area contributed by atoms with E-state index in [1.165, 1.54) is 0 Å². The van der Waals surface area contributed by atoms with Gasteiger partial charge >= 0.3 is 0 Å². The van der Waals surface area contributed by atoms with Crippen LogP contribution in [-0.2, 0) is 0 Å². The third-order valence-corrected chi connectivity index (χ3v) is 4.24. The Balaban J connectivity index is 2.52. The molecule has 0 aliphatic heterocycles. The zero-order valence-electron chi connectivity index (χ0n) is 12.6. The van der Waals surface area contributed by atoms with Crippen molar-refractivity contribution in [3.05, 3.63) is 57.1 Å². The van der Waals surface area contributed by atoms with E-state index in [4.69, 9.17) is 9.47 Å². The number of methoxy groups -OCH3 is 2. The molecule has 0 saturated carbocycles. The molecule has 21 heavy (non-hydrogen) atoms. The van der Waals surface area contributed by atoms with Crippen molar-refractivity contribution in [1.82, 2.24) is 0 Å². The number of aliphatic hydroxyl groups is 1. The average Bonchev–Trinajstić information content (AvgIpc) is 2.48. The lowest BCUT2D eigenvalue weighted by Crippen LogP contribution is -2.05. The summed E-state index contributed by atoms with van der Waals surface area (Å²) in [6, 6.07) is 9.63. The molecule has 1 N–H and O–H groups in total. The van der Waals surface area contributed by atoms with Crippen LogP contribution in [0.15, 0.2) is 34.8 Å². The van der Waals surface area contributed by atoms with Crippen LogP contribution in [0.25, 0.3) is 0 Å². The van der Waals surface area contributed by atoms with Crippen LogP contribution in [0.4, 0.5) is 0 Å². The largest absolute Gasteiger partial charge is 0.493 e. The highest BCUT2D eigenvalue weighted by atomic mass is 79.9. The van der Waals surface area contributed by atoms with Gasteiger partial charge in [0.1, 0.15) is 6.10 Å². The second-order valence-corrected chi connectivity index (χ2v) is 5.85. The Morgan fingerprint density at radius 3 is 2.19 bits per heavy atom. The molecule has 112 valence electrons. The summed E-state index contributed by atoms with van der Waals surface area (Å²) in [5.41, 5.74) is 3.70. The Labute approximate surface area is 133 Å². The van der Waals surface area contributed by atoms with Gasteiger partial charge in [-0.2, -0.15) is 0 Å². The molecule has 0 saturated heterocycles. The zero-order valence-corrected chi connectivity index (χ0v) is 14.2. The molecule has 0 radical (unpaired) electrons. The highest BCUT2D eigenvalue weighted by Gasteiger charge is 2.19. The van der Waals surface area contributed by atoms with Gasteiger partial charge in [0.05, 0.1) is 14.2 Å². The van der Waals surface area contributed by atoms with E-state index in [0.29, 0.717) is 11.5 Å². The predicted octanol–water partition coefficient (Wildman–Crippen LogP) is 4.16. The van der Waals surface area contributed by atoms with Crippen molar-refractivity contribution in [2.24, 2.45) is 0 Å². The van der Waals surface area contributed by atoms with Gasteiger partial charge in [-0.05, 0) is 48.7 Å². The van der Waals surface area contributed by atoms with Crippen molar-refractivity contribution in [1.29, 1.82) is 0 Å². The van der Waals surface area contributed by atoms with Gasteiger partial charge in [-0.15, -0.1) is 0 Å². The molecule has 1 atom stereocenters. The normalized spacial score (nSPS) is 12.1. The number of hydrogen-bond acceptors (Lipinski definition) is 3. The summed E-state index contributed by atoms with van der Waals surface area (Å²) in [6.07, 6.45) is -0.723. The number of aryl methyl sites for hydroxylation is 2. The van der Waals surface area contributed by atoms with Gasteiger partial charge in [-0.25, -0.2) is 0 Å². The fraction of sp³-hybridized carbons (Fsp3) is 0.294. The summed E-state index contributed by atoms with van der Waals surface area (Å²) in [6.45, 7) is 3.95. The maximum atomic E-state index is 10.7. The molecule has 0 spiro atoms. The Kier molecular flexibility index (Phi) is 4.91. The second-order valence-electron chi connectivity index (χ2n) is 4.99. The first-order chi connectivity index (χ1) is 9.97. The standard InChI is InChI=1S/C17H19BrO3/c1-10-5-6-14(18)13(7-10)17(19)12-9-16(21-4)15(20-3)8-11(12)2/h5-9,17,19H,1-4H3. The quantitative estimate of drug-likeness (QED) is 0.899. The fourth-order valence-corrected chi connectivity index (χ4v) is 2.79. The summed E-state index contributed by atoms with van der Waals surface area (Å²) in [7, 11) is 3.19. The van der Waals surface area contributed by atoms with Crippen molar-refractivity contribution in [2.75, 3.05) is 14.2 Å². The topological polar surface area (TPSA) is 38.7 Å². The Morgan fingerprint density at radius 1 is 0.952 bits per heavy atom. The van der Waals surface area contributed by atoms with Crippen LogP contribution >= 0.6 is 15.9 Å². The maximum absolute atomic E-state index is 10.7. The van der Waals surface area contributed by atoms with Gasteiger partial charge in [-0.3, -0.25) is 0 Å². The lowest BCUT2D eigenvalue weighted by Gasteiger charge is -2.19. The van der Waals surface area contributed by atoms with Crippen LogP contribution in [0.2, 0.25) is 0 Å². The van der Waals surface area contributed by atoms with Crippen molar-refractivity contribution < 1.29 is 14.6 Å². The SMILES string of the molecule is COc1cc(C)c(C(O)c2cc(C)ccc2Br)cc1OC. The van der Waals surface area contributed by atoms with E-state index in [-0.39, 0.29) is 0 Å². The highest BCUT2D eigenvalue weighted by Crippen LogP contribution is 2.37. The van der Waals surface area contributed by atoms with E-state index >= 15 is 0 Å². The Morgan fingerprint density at radius 2 is 1.57 bits per heavy atom. The number of halogens is 1. The first-order valence-electron chi connectivity index (χ1n) is 6.64. The van der Waals surface area contributed by atoms with Crippen molar-refractivity contribution in [3.8, 4) is 11.5 Å². The smallest absolute Gasteiger partial charge is 0.161 e. The monoisotopic (exact) mass is 350 g/mol. The van der Waals surface area contributed by atoms with Gasteiger partial charge in [-0.1, -0.05) is 33.6 Å². The van der Waals surface area contributed by atoms with Gasteiger partial charge in [0, 0.05) is 4.47 Å². The van der Waals surface area contributed by atoms with E-state index in [0.717, 1.165) is 26.7 Å². The van der Waals surface area contributed by atoms with Crippen LogP contribution in [0.5, 0.6) is 11.5 Å². The Bertz CT molecular complexity index is 653. The molecule has 2 rings (SSSR count). The predicted molar refractivity (Wildman–Crippen MR) is 87.2 cm³/mol. The third-order valence-electron chi connectivity index (χ3n) is 3.51. The number of aliphatic hydroxyl groups excluding tert-OH is 1. The third kappa shape index (κ3) is 3.22. The summed E-state index contributed by atoms with van der Waals surface area (Å²) in [5.74, 6) is 1.27. The van der Waals surface area contributed by atoms with Crippen LogP contribution < -0.4 is 9.47 Å². The van der Waals surface area contributed by atoms with Gasteiger partial charge in [0.2, 0.25) is 0 Å². The first-order valence-corrected chi connectivity index (χ1v) is 7.44. The Hall–Kier alpha value is -1.52. The summed E-state index contributed by atoms with van der Waals surface area (Å²) < 4.78 is 11.5. The molecule has 0 aliphatic rings. The van der Waals surface area contributed by atoms with Crippen molar-refractivity contribution >= 4 is 15.9 Å². The molecule has 0 aliphatic carbocycles. The highest BCUT2D eigenvalue weighted by molar-refractivity contribution is 9.10. The van der Waals surface area contributed by atoms with Crippen molar-refractivity contribution in [3.63, 3.8) is 0 Å². The zero-order chi connectivity index (χ0) is 15.6. The summed E-state index contributed by atoms with van der Waals surface area (Å²) in [4.78, 5) is 0. The molecular formula is C17H19BrO3. The van der Waals surface area contributed by atoms with Gasteiger partial charge in [0.15, 0.2) is 11.5 Å². The lowest BCUT2D eigenvalue weighted by molar-refractivity contribution is 0.218. The molecule has 0 fully saturated rings. The molecular weight excluding hydrogens is 332 g/mol. The number of ether oxygens (including phenoxy) is 2. The van der Waals surface area contributed by atoms with Crippen LogP contribution in [0.3, 0.4) is 0 Å². The van der Waals surface area contributed by atoms with Crippen LogP contribution in [-0.4, -0.2) is 19.3 Å². The van der Waals surface area contributed by atoms with E-state index in [1.807, 2.05) is 44.2 Å².